The molecule has 2 fully saturated rings. The van der Waals surface area contributed by atoms with Crippen LogP contribution in [0.3, 0.4) is 0 Å². The molecule has 12 heteroatoms. The van der Waals surface area contributed by atoms with Crippen LogP contribution >= 0.6 is 0 Å². The van der Waals surface area contributed by atoms with Crippen molar-refractivity contribution in [1.82, 2.24) is 23.8 Å². The second kappa shape index (κ2) is 13.0. The molecule has 0 bridgehead atoms. The summed E-state index contributed by atoms with van der Waals surface area (Å²) in [6.07, 6.45) is 8.39. The summed E-state index contributed by atoms with van der Waals surface area (Å²) in [7, 11) is -2.32. The van der Waals surface area contributed by atoms with Crippen molar-refractivity contribution >= 4 is 32.7 Å². The highest BCUT2D eigenvalue weighted by atomic mass is 32.2. The number of allylic oxidation sites excluding steroid dienone is 1. The molecule has 4 heterocycles. The number of aromatic amines is 1. The van der Waals surface area contributed by atoms with Crippen molar-refractivity contribution in [2.45, 2.75) is 70.6 Å². The van der Waals surface area contributed by atoms with Crippen molar-refractivity contribution in [2.75, 3.05) is 38.2 Å². The van der Waals surface area contributed by atoms with E-state index < -0.39 is 14.8 Å². The number of piperazine rings is 1. The molecule has 1 N–H and O–H groups in total. The Bertz CT molecular complexity index is 2040. The number of nitrogens with zero attached hydrogens (tertiary/aromatic N) is 5. The third kappa shape index (κ3) is 6.07. The van der Waals surface area contributed by atoms with E-state index >= 15 is 0 Å². The molecule has 1 aliphatic heterocycles. The zero-order valence-corrected chi connectivity index (χ0v) is 29.2. The molecular formula is C36H44N6O5S. The summed E-state index contributed by atoms with van der Waals surface area (Å²) in [6.45, 7) is 15.3. The van der Waals surface area contributed by atoms with Crippen molar-refractivity contribution in [2.24, 2.45) is 0 Å². The predicted octanol–water partition coefficient (Wildman–Crippen LogP) is 5.04. The van der Waals surface area contributed by atoms with Gasteiger partial charge in [0.15, 0.2) is 5.78 Å². The number of Topliss-reactive ketones (excluding diaryl/α,β-unsaturated/α-hetero) is 1. The minimum atomic E-state index is -3.81. The molecule has 0 spiro atoms. The van der Waals surface area contributed by atoms with Gasteiger partial charge >= 0.3 is 0 Å². The summed E-state index contributed by atoms with van der Waals surface area (Å²) in [4.78, 5) is 43.6. The molecule has 48 heavy (non-hydrogen) atoms. The normalized spacial score (nSPS) is 16.4. The number of ketones is 1. The summed E-state index contributed by atoms with van der Waals surface area (Å²) in [5.41, 5.74) is 3.55. The Morgan fingerprint density at radius 1 is 1.08 bits per heavy atom. The maximum Gasteiger partial charge on any atom is 0.255 e. The highest BCUT2D eigenvalue weighted by molar-refractivity contribution is 7.91. The van der Waals surface area contributed by atoms with Gasteiger partial charge < -0.3 is 14.6 Å². The number of aryl methyl sites for hydroxylation is 2. The van der Waals surface area contributed by atoms with E-state index in [2.05, 4.69) is 45.2 Å². The molecule has 3 aromatic heterocycles. The quantitative estimate of drug-likeness (QED) is 0.162. The molecule has 11 nitrogen and oxygen atoms in total. The molecule has 1 saturated heterocycles. The average molecular weight is 673 g/mol. The van der Waals surface area contributed by atoms with E-state index in [1.807, 2.05) is 13.0 Å². The lowest BCUT2D eigenvalue weighted by Gasteiger charge is -2.36. The number of pyridine rings is 1. The van der Waals surface area contributed by atoms with Crippen LogP contribution in [0.4, 0.5) is 5.95 Å². The molecule has 4 aromatic rings. The third-order valence-electron chi connectivity index (χ3n) is 9.84. The molecule has 1 aromatic carbocycles. The monoisotopic (exact) mass is 672 g/mol. The topological polar surface area (TPSA) is 130 Å². The zero-order valence-electron chi connectivity index (χ0n) is 28.4. The van der Waals surface area contributed by atoms with Crippen molar-refractivity contribution in [3.05, 3.63) is 82.2 Å². The maximum absolute atomic E-state index is 14.1. The first kappa shape index (κ1) is 33.6. The molecule has 2 aliphatic rings. The van der Waals surface area contributed by atoms with Gasteiger partial charge in [0.05, 0.1) is 22.9 Å². The lowest BCUT2D eigenvalue weighted by atomic mass is 9.95. The Hall–Kier alpha value is -4.29. The number of H-pyrrole nitrogens is 1. The Morgan fingerprint density at radius 3 is 2.38 bits per heavy atom. The molecule has 1 saturated carbocycles. The first-order valence-corrected chi connectivity index (χ1v) is 18.0. The van der Waals surface area contributed by atoms with Gasteiger partial charge in [0, 0.05) is 79.4 Å². The highest BCUT2D eigenvalue weighted by Crippen LogP contribution is 2.49. The number of aromatic nitrogens is 4. The van der Waals surface area contributed by atoms with Crippen molar-refractivity contribution in [3.8, 4) is 16.9 Å². The number of carbonyl (C=O) groups excluding carboxylic acids is 1. The van der Waals surface area contributed by atoms with Crippen LogP contribution in [0.15, 0.2) is 54.2 Å². The van der Waals surface area contributed by atoms with E-state index in [-0.39, 0.29) is 24.2 Å². The van der Waals surface area contributed by atoms with Gasteiger partial charge in [0.1, 0.15) is 5.75 Å². The van der Waals surface area contributed by atoms with Crippen LogP contribution in [0.2, 0.25) is 0 Å². The number of hydrogen-bond donors (Lipinski definition) is 1. The van der Waals surface area contributed by atoms with Crippen LogP contribution in [0.25, 0.3) is 22.0 Å². The van der Waals surface area contributed by atoms with Crippen molar-refractivity contribution < 1.29 is 17.9 Å². The summed E-state index contributed by atoms with van der Waals surface area (Å²) in [6, 6.07) is 5.83. The molecule has 0 unspecified atom stereocenters. The highest BCUT2D eigenvalue weighted by Gasteiger charge is 2.54. The lowest BCUT2D eigenvalue weighted by molar-refractivity contribution is 0.0984. The number of rotatable bonds is 12. The second-order valence-corrected chi connectivity index (χ2v) is 15.6. The van der Waals surface area contributed by atoms with E-state index in [1.165, 1.54) is 11.1 Å². The number of hydrogen-bond acceptors (Lipinski definition) is 9. The van der Waals surface area contributed by atoms with Crippen molar-refractivity contribution in [3.63, 3.8) is 0 Å². The number of benzene rings is 1. The molecular weight excluding hydrogens is 628 g/mol. The number of fused-ring (bicyclic) bond motifs is 1. The number of anilines is 1. The van der Waals surface area contributed by atoms with Crippen LogP contribution in [0.5, 0.6) is 5.75 Å². The summed E-state index contributed by atoms with van der Waals surface area (Å²) < 4.78 is 34.2. The number of carbonyl (C=O) groups is 1. The fraction of sp³-hybridized carbons (Fsp3) is 0.444. The van der Waals surface area contributed by atoms with Gasteiger partial charge in [0.25, 0.3) is 5.56 Å². The van der Waals surface area contributed by atoms with Crippen LogP contribution in [0, 0.1) is 13.8 Å². The van der Waals surface area contributed by atoms with E-state index in [1.54, 1.807) is 43.7 Å². The van der Waals surface area contributed by atoms with Crippen LogP contribution in [0.1, 0.15) is 66.7 Å². The fourth-order valence-electron chi connectivity index (χ4n) is 6.84. The Balaban J connectivity index is 1.40. The standard InChI is InChI=1S/C36H44N6O5S/c1-7-10-36(11-12-36)48(45,46)42-22-24(4)33-29(31(43)9-8-28-32(47-6)17-25(5)39-34(28)44)18-26(19-30(33)42)27-20-37-35(38-21-27)41-15-13-40(14-16-41)23(2)3/h7,17-23H,1,8-16H2,2-6H3,(H,39,44). The average Bonchev–Trinajstić information content (AvgIpc) is 3.79. The number of ether oxygens (including phenoxy) is 1. The second-order valence-electron chi connectivity index (χ2n) is 13.3. The van der Waals surface area contributed by atoms with E-state index in [4.69, 9.17) is 4.74 Å². The summed E-state index contributed by atoms with van der Waals surface area (Å²) in [5, 5.41) is 0.576. The molecule has 0 amide bonds. The van der Waals surface area contributed by atoms with Crippen LogP contribution in [-0.4, -0.2) is 82.1 Å². The largest absolute Gasteiger partial charge is 0.496 e. The Morgan fingerprint density at radius 2 is 1.77 bits per heavy atom. The first-order chi connectivity index (χ1) is 22.9. The van der Waals surface area contributed by atoms with Crippen LogP contribution in [-0.2, 0) is 16.4 Å². The Kier molecular flexibility index (Phi) is 9.08. The van der Waals surface area contributed by atoms with Gasteiger partial charge in [-0.1, -0.05) is 6.08 Å². The van der Waals surface area contributed by atoms with Gasteiger partial charge in [-0.05, 0) is 82.7 Å². The fourth-order valence-corrected chi connectivity index (χ4v) is 8.90. The molecule has 254 valence electrons. The summed E-state index contributed by atoms with van der Waals surface area (Å²) >= 11 is 0. The van der Waals surface area contributed by atoms with E-state index in [0.717, 1.165) is 26.2 Å². The molecule has 1 aliphatic carbocycles. The number of nitrogens with one attached hydrogen (secondary N) is 1. The van der Waals surface area contributed by atoms with Gasteiger partial charge in [-0.25, -0.2) is 22.4 Å². The minimum absolute atomic E-state index is 0.0244. The van der Waals surface area contributed by atoms with Gasteiger partial charge in [-0.3, -0.25) is 14.5 Å². The smallest absolute Gasteiger partial charge is 0.255 e. The maximum atomic E-state index is 14.1. The minimum Gasteiger partial charge on any atom is -0.496 e. The molecule has 6 rings (SSSR count). The molecule has 0 atom stereocenters. The SMILES string of the molecule is C=CCC1(S(=O)(=O)n2cc(C)c3c(C(=O)CCc4c(OC)cc(C)[nH]c4=O)cc(-c4cnc(N5CCN(C(C)C)CC5)nc4)cc32)CC1. The van der Waals surface area contributed by atoms with Gasteiger partial charge in [0.2, 0.25) is 16.0 Å². The van der Waals surface area contributed by atoms with Crippen molar-refractivity contribution in [1.29, 1.82) is 0 Å². The number of methoxy groups -OCH3 is 1. The first-order valence-electron chi connectivity index (χ1n) is 16.5. The molecule has 0 radical (unpaired) electrons. The van der Waals surface area contributed by atoms with E-state index in [9.17, 15) is 18.0 Å². The zero-order chi connectivity index (χ0) is 34.4. The lowest BCUT2D eigenvalue weighted by Crippen LogP contribution is -2.49. The van der Waals surface area contributed by atoms with Gasteiger partial charge in [-0.15, -0.1) is 6.58 Å². The van der Waals surface area contributed by atoms with Gasteiger partial charge in [-0.2, -0.15) is 0 Å². The summed E-state index contributed by atoms with van der Waals surface area (Å²) in [5.74, 6) is 0.852. The van der Waals surface area contributed by atoms with E-state index in [0.29, 0.717) is 81.4 Å². The predicted molar refractivity (Wildman–Crippen MR) is 189 cm³/mol. The van der Waals surface area contributed by atoms with Crippen LogP contribution < -0.4 is 15.2 Å². The third-order valence-corrected chi connectivity index (χ3v) is 12.3. The Labute approximate surface area is 281 Å².